The molecule has 1 amide bonds. The lowest BCUT2D eigenvalue weighted by atomic mass is 10.2. The van der Waals surface area contributed by atoms with Crippen LogP contribution in [0.5, 0.6) is 0 Å². The predicted molar refractivity (Wildman–Crippen MR) is 114 cm³/mol. The molecule has 6 nitrogen and oxygen atoms in total. The van der Waals surface area contributed by atoms with Gasteiger partial charge in [0.25, 0.3) is 0 Å². The highest BCUT2D eigenvalue weighted by molar-refractivity contribution is 7.88. The lowest BCUT2D eigenvalue weighted by Crippen LogP contribution is -2.45. The zero-order chi connectivity index (χ0) is 21.0. The highest BCUT2D eigenvalue weighted by Gasteiger charge is 2.39. The molecule has 1 aliphatic rings. The van der Waals surface area contributed by atoms with Gasteiger partial charge in [-0.05, 0) is 36.5 Å². The maximum absolute atomic E-state index is 13.2. The van der Waals surface area contributed by atoms with Crippen molar-refractivity contribution in [1.29, 1.82) is 0 Å². The summed E-state index contributed by atoms with van der Waals surface area (Å²) >= 11 is 0. The molecule has 1 aliphatic carbocycles. The topological polar surface area (TPSA) is 62.6 Å². The Morgan fingerprint density at radius 1 is 1.14 bits per heavy atom. The van der Waals surface area contributed by atoms with Gasteiger partial charge in [0.1, 0.15) is 0 Å². The third-order valence-corrected chi connectivity index (χ3v) is 6.98. The van der Waals surface area contributed by atoms with Crippen molar-refractivity contribution in [3.63, 3.8) is 0 Å². The van der Waals surface area contributed by atoms with Crippen molar-refractivity contribution >= 4 is 15.9 Å². The molecule has 1 heterocycles. The third-order valence-electron chi connectivity index (χ3n) is 5.14. The van der Waals surface area contributed by atoms with E-state index in [0.717, 1.165) is 24.1 Å². The lowest BCUT2D eigenvalue weighted by molar-refractivity contribution is -0.132. The Bertz CT molecular complexity index is 918. The average molecular weight is 418 g/mol. The van der Waals surface area contributed by atoms with Gasteiger partial charge in [-0.25, -0.2) is 8.42 Å². The van der Waals surface area contributed by atoms with E-state index < -0.39 is 10.0 Å². The number of sulfonamides is 1. The average Bonchev–Trinajstić information content (AvgIpc) is 3.41. The van der Waals surface area contributed by atoms with Crippen LogP contribution < -0.4 is 0 Å². The standard InChI is InChI=1S/C22H31N3O3S/c1-18(2)14-24(15-21-10-7-13-23(21)3)22(26)16-25(20-11-12-20)29(27,28)17-19-8-5-4-6-9-19/h4-10,13,18,20H,11-12,14-17H2,1-3H3. The van der Waals surface area contributed by atoms with Crippen LogP contribution >= 0.6 is 0 Å². The summed E-state index contributed by atoms with van der Waals surface area (Å²) in [5, 5.41) is 0. The van der Waals surface area contributed by atoms with Crippen LogP contribution in [-0.2, 0) is 34.2 Å². The summed E-state index contributed by atoms with van der Waals surface area (Å²) in [5.41, 5.74) is 1.78. The fourth-order valence-electron chi connectivity index (χ4n) is 3.47. The first kappa shape index (κ1) is 21.6. The Labute approximate surface area is 174 Å². The van der Waals surface area contributed by atoms with Crippen LogP contribution in [0, 0.1) is 5.92 Å². The molecule has 0 bridgehead atoms. The number of aromatic nitrogens is 1. The molecule has 2 aromatic rings. The number of carbonyl (C=O) groups excluding carboxylic acids is 1. The van der Waals surface area contributed by atoms with Crippen molar-refractivity contribution in [2.24, 2.45) is 13.0 Å². The van der Waals surface area contributed by atoms with Crippen molar-refractivity contribution in [3.05, 3.63) is 59.9 Å². The molecular formula is C22H31N3O3S. The minimum Gasteiger partial charge on any atom is -0.353 e. The zero-order valence-corrected chi connectivity index (χ0v) is 18.3. The number of rotatable bonds is 10. The van der Waals surface area contributed by atoms with Gasteiger partial charge in [0.2, 0.25) is 15.9 Å². The first-order chi connectivity index (χ1) is 13.8. The summed E-state index contributed by atoms with van der Waals surface area (Å²) in [6, 6.07) is 13.0. The SMILES string of the molecule is CC(C)CN(Cc1cccn1C)C(=O)CN(C1CC1)S(=O)(=O)Cc1ccccc1. The fourth-order valence-corrected chi connectivity index (χ4v) is 5.22. The van der Waals surface area contributed by atoms with E-state index in [0.29, 0.717) is 19.0 Å². The van der Waals surface area contributed by atoms with Crippen LogP contribution in [0.3, 0.4) is 0 Å². The molecule has 1 aromatic heterocycles. The smallest absolute Gasteiger partial charge is 0.238 e. The van der Waals surface area contributed by atoms with Gasteiger partial charge >= 0.3 is 0 Å². The third kappa shape index (κ3) is 5.93. The van der Waals surface area contributed by atoms with Crippen molar-refractivity contribution in [1.82, 2.24) is 13.8 Å². The van der Waals surface area contributed by atoms with Crippen molar-refractivity contribution in [2.75, 3.05) is 13.1 Å². The Hall–Kier alpha value is -2.12. The van der Waals surface area contributed by atoms with E-state index >= 15 is 0 Å². The van der Waals surface area contributed by atoms with Crippen LogP contribution in [0.1, 0.15) is 37.9 Å². The van der Waals surface area contributed by atoms with Gasteiger partial charge in [-0.15, -0.1) is 0 Å². The maximum atomic E-state index is 13.2. The minimum atomic E-state index is -3.56. The second-order valence-corrected chi connectivity index (χ2v) is 10.2. The molecule has 1 fully saturated rings. The van der Waals surface area contributed by atoms with Crippen LogP contribution in [0.25, 0.3) is 0 Å². The lowest BCUT2D eigenvalue weighted by Gasteiger charge is -2.28. The summed E-state index contributed by atoms with van der Waals surface area (Å²) in [7, 11) is -1.61. The van der Waals surface area contributed by atoms with E-state index in [-0.39, 0.29) is 24.2 Å². The Balaban J connectivity index is 1.75. The number of hydrogen-bond donors (Lipinski definition) is 0. The van der Waals surface area contributed by atoms with E-state index in [1.165, 1.54) is 4.31 Å². The molecule has 29 heavy (non-hydrogen) atoms. The first-order valence-electron chi connectivity index (χ1n) is 10.2. The fraction of sp³-hybridized carbons (Fsp3) is 0.500. The van der Waals surface area contributed by atoms with Crippen LogP contribution in [0.4, 0.5) is 0 Å². The van der Waals surface area contributed by atoms with E-state index in [4.69, 9.17) is 0 Å². The quantitative estimate of drug-likeness (QED) is 0.597. The summed E-state index contributed by atoms with van der Waals surface area (Å²) in [6.07, 6.45) is 3.60. The number of amides is 1. The molecule has 0 unspecified atom stereocenters. The number of benzene rings is 1. The largest absolute Gasteiger partial charge is 0.353 e. The molecule has 0 atom stereocenters. The summed E-state index contributed by atoms with van der Waals surface area (Å²) in [6.45, 7) is 5.13. The highest BCUT2D eigenvalue weighted by atomic mass is 32.2. The first-order valence-corrected chi connectivity index (χ1v) is 11.8. The Morgan fingerprint density at radius 2 is 1.83 bits per heavy atom. The molecule has 158 valence electrons. The van der Waals surface area contributed by atoms with Crippen LogP contribution in [0.15, 0.2) is 48.7 Å². The monoisotopic (exact) mass is 417 g/mol. The van der Waals surface area contributed by atoms with E-state index in [1.807, 2.05) is 60.3 Å². The number of aryl methyl sites for hydroxylation is 1. The molecule has 0 aliphatic heterocycles. The molecule has 0 spiro atoms. The van der Waals surface area contributed by atoms with Gasteiger partial charge in [0, 0.05) is 31.5 Å². The second-order valence-electron chi connectivity index (χ2n) is 8.30. The molecule has 0 saturated heterocycles. The van der Waals surface area contributed by atoms with E-state index in [1.54, 1.807) is 4.90 Å². The normalized spacial score (nSPS) is 14.5. The molecular weight excluding hydrogens is 386 g/mol. The van der Waals surface area contributed by atoms with Gasteiger partial charge in [0.05, 0.1) is 18.8 Å². The van der Waals surface area contributed by atoms with Gasteiger partial charge in [-0.1, -0.05) is 44.2 Å². The maximum Gasteiger partial charge on any atom is 0.238 e. The molecule has 1 aromatic carbocycles. The van der Waals surface area contributed by atoms with Gasteiger partial charge in [-0.2, -0.15) is 4.31 Å². The summed E-state index contributed by atoms with van der Waals surface area (Å²) in [5.74, 6) is 0.0949. The molecule has 0 N–H and O–H groups in total. The Morgan fingerprint density at radius 3 is 2.38 bits per heavy atom. The molecule has 1 saturated carbocycles. The number of carbonyl (C=O) groups is 1. The number of nitrogens with zero attached hydrogens (tertiary/aromatic N) is 3. The minimum absolute atomic E-state index is 0.0522. The second kappa shape index (κ2) is 9.13. The van der Waals surface area contributed by atoms with Crippen LogP contribution in [0.2, 0.25) is 0 Å². The van der Waals surface area contributed by atoms with Crippen molar-refractivity contribution < 1.29 is 13.2 Å². The number of hydrogen-bond acceptors (Lipinski definition) is 3. The Kier molecular flexibility index (Phi) is 6.80. The van der Waals surface area contributed by atoms with Gasteiger partial charge < -0.3 is 9.47 Å². The highest BCUT2D eigenvalue weighted by Crippen LogP contribution is 2.30. The van der Waals surface area contributed by atoms with E-state index in [9.17, 15) is 13.2 Å². The zero-order valence-electron chi connectivity index (χ0n) is 17.5. The van der Waals surface area contributed by atoms with E-state index in [2.05, 4.69) is 13.8 Å². The van der Waals surface area contributed by atoms with Gasteiger partial charge in [0.15, 0.2) is 0 Å². The summed E-state index contributed by atoms with van der Waals surface area (Å²) in [4.78, 5) is 15.0. The summed E-state index contributed by atoms with van der Waals surface area (Å²) < 4.78 is 29.6. The molecule has 3 rings (SSSR count). The molecule has 7 heteroatoms. The van der Waals surface area contributed by atoms with Crippen molar-refractivity contribution in [2.45, 2.75) is 45.0 Å². The predicted octanol–water partition coefficient (Wildman–Crippen LogP) is 3.00. The van der Waals surface area contributed by atoms with Crippen LogP contribution in [-0.4, -0.2) is 47.2 Å². The molecule has 0 radical (unpaired) electrons. The van der Waals surface area contributed by atoms with Crippen molar-refractivity contribution in [3.8, 4) is 0 Å². The van der Waals surface area contributed by atoms with Gasteiger partial charge in [-0.3, -0.25) is 4.79 Å².